The smallest absolute Gasteiger partial charge is 0.277 e. The summed E-state index contributed by atoms with van der Waals surface area (Å²) in [4.78, 5) is 14.3. The second kappa shape index (κ2) is 5.12. The molecule has 0 amide bonds. The summed E-state index contributed by atoms with van der Waals surface area (Å²) in [5.41, 5.74) is 0.410. The number of aromatic nitrogens is 1. The fourth-order valence-corrected chi connectivity index (χ4v) is 1.58. The molecule has 0 saturated carbocycles. The zero-order valence-corrected chi connectivity index (χ0v) is 12.1. The molecule has 7 nitrogen and oxygen atoms in total. The molecular formula is C11H17N3O4S. The number of nitro groups is 1. The van der Waals surface area contributed by atoms with Crippen molar-refractivity contribution in [2.24, 2.45) is 0 Å². The molecule has 0 aliphatic heterocycles. The number of aryl methyl sites for hydroxylation is 1. The molecule has 1 rings (SSSR count). The van der Waals surface area contributed by atoms with Crippen LogP contribution in [0.3, 0.4) is 0 Å². The second-order valence-electron chi connectivity index (χ2n) is 5.00. The van der Waals surface area contributed by atoms with Crippen LogP contribution in [0.15, 0.2) is 12.3 Å². The Morgan fingerprint density at radius 1 is 1.47 bits per heavy atom. The number of hydrogen-bond donors (Lipinski definition) is 1. The van der Waals surface area contributed by atoms with Crippen LogP contribution in [0.2, 0.25) is 0 Å². The van der Waals surface area contributed by atoms with Crippen LogP contribution in [0.1, 0.15) is 19.4 Å². The summed E-state index contributed by atoms with van der Waals surface area (Å²) in [5.74, 6) is 0.286. The molecule has 1 N–H and O–H groups in total. The van der Waals surface area contributed by atoms with Crippen LogP contribution in [0.5, 0.6) is 0 Å². The Kier molecular flexibility index (Phi) is 4.14. The van der Waals surface area contributed by atoms with E-state index in [1.165, 1.54) is 12.3 Å². The van der Waals surface area contributed by atoms with E-state index < -0.39 is 19.5 Å². The summed E-state index contributed by atoms with van der Waals surface area (Å²) < 4.78 is 22.1. The third-order valence-electron chi connectivity index (χ3n) is 2.97. The first-order valence-electron chi connectivity index (χ1n) is 5.59. The van der Waals surface area contributed by atoms with E-state index in [0.29, 0.717) is 5.56 Å². The highest BCUT2D eigenvalue weighted by Crippen LogP contribution is 2.21. The summed E-state index contributed by atoms with van der Waals surface area (Å²) in [6.45, 7) is 4.88. The van der Waals surface area contributed by atoms with E-state index >= 15 is 0 Å². The fraction of sp³-hybridized carbons (Fsp3) is 0.545. The predicted molar refractivity (Wildman–Crippen MR) is 73.0 cm³/mol. The molecule has 0 aliphatic carbocycles. The van der Waals surface area contributed by atoms with Gasteiger partial charge in [0.2, 0.25) is 0 Å². The van der Waals surface area contributed by atoms with E-state index in [4.69, 9.17) is 0 Å². The maximum absolute atomic E-state index is 11.5. The Morgan fingerprint density at radius 2 is 2.05 bits per heavy atom. The molecule has 0 spiro atoms. The van der Waals surface area contributed by atoms with Crippen LogP contribution in [0, 0.1) is 17.0 Å². The van der Waals surface area contributed by atoms with E-state index in [1.807, 2.05) is 0 Å². The number of rotatable bonds is 5. The largest absolute Gasteiger partial charge is 0.368 e. The molecule has 19 heavy (non-hydrogen) atoms. The number of nitrogens with zero attached hydrogens (tertiary/aromatic N) is 2. The number of hydrogen-bond acceptors (Lipinski definition) is 6. The Morgan fingerprint density at radius 3 is 2.53 bits per heavy atom. The van der Waals surface area contributed by atoms with Gasteiger partial charge in [-0.1, -0.05) is 0 Å². The van der Waals surface area contributed by atoms with Gasteiger partial charge in [-0.25, -0.2) is 13.4 Å². The Balaban J connectivity index is 2.91. The van der Waals surface area contributed by atoms with Crippen molar-refractivity contribution in [1.29, 1.82) is 0 Å². The molecule has 0 aliphatic rings. The second-order valence-corrected chi connectivity index (χ2v) is 7.65. The van der Waals surface area contributed by atoms with E-state index in [0.717, 1.165) is 6.26 Å². The molecule has 1 heterocycles. The van der Waals surface area contributed by atoms with Crippen molar-refractivity contribution in [3.63, 3.8) is 0 Å². The summed E-state index contributed by atoms with van der Waals surface area (Å²) in [6.07, 6.45) is 2.54. The van der Waals surface area contributed by atoms with Crippen LogP contribution in [0.4, 0.5) is 11.5 Å². The number of pyridine rings is 1. The van der Waals surface area contributed by atoms with Crippen LogP contribution in [-0.4, -0.2) is 35.9 Å². The minimum atomic E-state index is -3.23. The third-order valence-corrected chi connectivity index (χ3v) is 5.12. The minimum Gasteiger partial charge on any atom is -0.368 e. The molecule has 8 heteroatoms. The van der Waals surface area contributed by atoms with Gasteiger partial charge in [0.05, 0.1) is 15.7 Å². The van der Waals surface area contributed by atoms with Gasteiger partial charge >= 0.3 is 0 Å². The van der Waals surface area contributed by atoms with Gasteiger partial charge in [0.1, 0.15) is 5.82 Å². The van der Waals surface area contributed by atoms with E-state index in [2.05, 4.69) is 10.3 Å². The van der Waals surface area contributed by atoms with Crippen LogP contribution < -0.4 is 5.32 Å². The average Bonchev–Trinajstić information content (AvgIpc) is 2.26. The lowest BCUT2D eigenvalue weighted by atomic mass is 10.2. The van der Waals surface area contributed by atoms with Crippen molar-refractivity contribution >= 4 is 21.3 Å². The molecule has 0 fully saturated rings. The van der Waals surface area contributed by atoms with Gasteiger partial charge in [-0.3, -0.25) is 10.1 Å². The standard InChI is InChI=1S/C11H17N3O4S/c1-8-6-12-10(5-9(8)14(15)16)13-7-11(2,3)19(4,17)18/h5-6H,7H2,1-4H3,(H,12,13). The molecule has 106 valence electrons. The zero-order valence-electron chi connectivity index (χ0n) is 11.3. The van der Waals surface area contributed by atoms with E-state index in [1.54, 1.807) is 20.8 Å². The van der Waals surface area contributed by atoms with Gasteiger partial charge in [-0.2, -0.15) is 0 Å². The first kappa shape index (κ1) is 15.4. The molecule has 0 bridgehead atoms. The van der Waals surface area contributed by atoms with Gasteiger partial charge < -0.3 is 5.32 Å². The van der Waals surface area contributed by atoms with Crippen molar-refractivity contribution < 1.29 is 13.3 Å². The number of sulfone groups is 1. The lowest BCUT2D eigenvalue weighted by Crippen LogP contribution is -2.38. The highest BCUT2D eigenvalue weighted by molar-refractivity contribution is 7.92. The first-order chi connectivity index (χ1) is 8.54. The van der Waals surface area contributed by atoms with Crippen molar-refractivity contribution in [2.45, 2.75) is 25.5 Å². The highest BCUT2D eigenvalue weighted by atomic mass is 32.2. The minimum absolute atomic E-state index is 0.0466. The lowest BCUT2D eigenvalue weighted by Gasteiger charge is -2.22. The van der Waals surface area contributed by atoms with Gasteiger partial charge in [-0.15, -0.1) is 0 Å². The Bertz CT molecular complexity index is 596. The molecular weight excluding hydrogens is 270 g/mol. The maximum Gasteiger partial charge on any atom is 0.277 e. The molecule has 1 aromatic heterocycles. The molecule has 0 saturated heterocycles. The van der Waals surface area contributed by atoms with Gasteiger partial charge in [-0.05, 0) is 20.8 Å². The van der Waals surface area contributed by atoms with E-state index in [-0.39, 0.29) is 18.1 Å². The van der Waals surface area contributed by atoms with Crippen LogP contribution >= 0.6 is 0 Å². The maximum atomic E-state index is 11.5. The highest BCUT2D eigenvalue weighted by Gasteiger charge is 2.30. The quantitative estimate of drug-likeness (QED) is 0.651. The topological polar surface area (TPSA) is 102 Å². The summed E-state index contributed by atoms with van der Waals surface area (Å²) in [5, 5.41) is 13.6. The van der Waals surface area contributed by atoms with Gasteiger partial charge in [0.25, 0.3) is 5.69 Å². The van der Waals surface area contributed by atoms with Crippen molar-refractivity contribution in [3.05, 3.63) is 27.9 Å². The fourth-order valence-electron chi connectivity index (χ4n) is 1.24. The van der Waals surface area contributed by atoms with Crippen molar-refractivity contribution in [3.8, 4) is 0 Å². The van der Waals surface area contributed by atoms with Crippen molar-refractivity contribution in [2.75, 3.05) is 18.1 Å². The SMILES string of the molecule is Cc1cnc(NCC(C)(C)S(C)(=O)=O)cc1[N+](=O)[O-]. The van der Waals surface area contributed by atoms with Crippen LogP contribution in [-0.2, 0) is 9.84 Å². The summed E-state index contributed by atoms with van der Waals surface area (Å²) >= 11 is 0. The van der Waals surface area contributed by atoms with E-state index in [9.17, 15) is 18.5 Å². The van der Waals surface area contributed by atoms with Crippen molar-refractivity contribution in [1.82, 2.24) is 4.98 Å². The predicted octanol–water partition coefficient (Wildman–Crippen LogP) is 1.53. The third kappa shape index (κ3) is 3.63. The molecule has 0 unspecified atom stereocenters. The monoisotopic (exact) mass is 287 g/mol. The lowest BCUT2D eigenvalue weighted by molar-refractivity contribution is -0.385. The summed E-state index contributed by atoms with van der Waals surface area (Å²) in [6, 6.07) is 1.30. The van der Waals surface area contributed by atoms with Crippen LogP contribution in [0.25, 0.3) is 0 Å². The normalized spacial score (nSPS) is 12.2. The number of nitrogens with one attached hydrogen (secondary N) is 1. The molecule has 0 aromatic carbocycles. The molecule has 1 aromatic rings. The Hall–Kier alpha value is -1.70. The molecule has 0 radical (unpaired) electrons. The average molecular weight is 287 g/mol. The van der Waals surface area contributed by atoms with Gasteiger partial charge in [0.15, 0.2) is 9.84 Å². The summed E-state index contributed by atoms with van der Waals surface area (Å²) in [7, 11) is -3.23. The molecule has 0 atom stereocenters. The number of anilines is 1. The Labute approximate surface area is 112 Å². The zero-order chi connectivity index (χ0) is 14.8. The van der Waals surface area contributed by atoms with Gasteiger partial charge in [0, 0.05) is 24.6 Å². The first-order valence-corrected chi connectivity index (χ1v) is 7.48.